The van der Waals surface area contributed by atoms with E-state index in [1.807, 2.05) is 37.0 Å². The van der Waals surface area contributed by atoms with Crippen LogP contribution in [-0.4, -0.2) is 47.7 Å². The Morgan fingerprint density at radius 1 is 1.30 bits per heavy atom. The number of rotatable bonds is 2. The molecule has 23 heavy (non-hydrogen) atoms. The fourth-order valence-corrected chi connectivity index (χ4v) is 4.34. The molecule has 0 saturated carbocycles. The summed E-state index contributed by atoms with van der Waals surface area (Å²) in [6.45, 7) is 10.9. The average molecular weight is 337 g/mol. The molecule has 4 nitrogen and oxygen atoms in total. The fraction of sp³-hybridized carbons (Fsp3) is 0.722. The fourth-order valence-electron chi connectivity index (χ4n) is 3.45. The van der Waals surface area contributed by atoms with Gasteiger partial charge in [0.05, 0.1) is 0 Å². The molecule has 0 unspecified atom stereocenters. The van der Waals surface area contributed by atoms with E-state index >= 15 is 0 Å². The lowest BCUT2D eigenvalue weighted by atomic mass is 9.95. The van der Waals surface area contributed by atoms with Crippen LogP contribution in [0.5, 0.6) is 0 Å². The van der Waals surface area contributed by atoms with Gasteiger partial charge in [-0.1, -0.05) is 0 Å². The van der Waals surface area contributed by atoms with Gasteiger partial charge in [-0.2, -0.15) is 0 Å². The molecule has 0 aromatic carbocycles. The molecule has 0 atom stereocenters. The third-order valence-electron chi connectivity index (χ3n) is 4.67. The first-order valence-electron chi connectivity index (χ1n) is 8.66. The van der Waals surface area contributed by atoms with Gasteiger partial charge in [0.15, 0.2) is 0 Å². The van der Waals surface area contributed by atoms with Gasteiger partial charge in [0, 0.05) is 37.6 Å². The Morgan fingerprint density at radius 2 is 2.04 bits per heavy atom. The standard InChI is InChI=1S/C18H28N2O2S/c1-18(2,3)22-17(21)20-9-4-14(5-10-20)12-19-8-6-16-15(13-19)7-11-23-16/h7,11,14H,4-6,8-10,12-13H2,1-3H3. The van der Waals surface area contributed by atoms with Gasteiger partial charge in [0.25, 0.3) is 0 Å². The number of ether oxygens (including phenoxy) is 1. The van der Waals surface area contributed by atoms with Crippen molar-refractivity contribution in [3.05, 3.63) is 21.9 Å². The van der Waals surface area contributed by atoms with E-state index < -0.39 is 5.60 Å². The quantitative estimate of drug-likeness (QED) is 0.824. The lowest BCUT2D eigenvalue weighted by Gasteiger charge is -2.36. The first-order valence-corrected chi connectivity index (χ1v) is 9.54. The molecule has 1 fully saturated rings. The Morgan fingerprint density at radius 3 is 2.74 bits per heavy atom. The number of fused-ring (bicyclic) bond motifs is 1. The Kier molecular flexibility index (Phi) is 4.97. The first-order chi connectivity index (χ1) is 10.9. The molecule has 0 aliphatic carbocycles. The summed E-state index contributed by atoms with van der Waals surface area (Å²) < 4.78 is 5.47. The summed E-state index contributed by atoms with van der Waals surface area (Å²) >= 11 is 1.90. The number of amides is 1. The maximum atomic E-state index is 12.1. The summed E-state index contributed by atoms with van der Waals surface area (Å²) in [5, 5.41) is 2.22. The highest BCUT2D eigenvalue weighted by Crippen LogP contribution is 2.26. The number of hydrogen-bond donors (Lipinski definition) is 0. The number of carbonyl (C=O) groups excluding carboxylic acids is 1. The van der Waals surface area contributed by atoms with Crippen LogP contribution in [0.2, 0.25) is 0 Å². The van der Waals surface area contributed by atoms with Gasteiger partial charge in [-0.15, -0.1) is 11.3 Å². The van der Waals surface area contributed by atoms with Crippen molar-refractivity contribution in [2.45, 2.75) is 52.2 Å². The van der Waals surface area contributed by atoms with Gasteiger partial charge in [-0.05, 0) is 63.0 Å². The van der Waals surface area contributed by atoms with Crippen molar-refractivity contribution in [2.75, 3.05) is 26.2 Å². The molecule has 2 aliphatic heterocycles. The van der Waals surface area contributed by atoms with Crippen LogP contribution in [-0.2, 0) is 17.7 Å². The van der Waals surface area contributed by atoms with Crippen molar-refractivity contribution in [1.29, 1.82) is 0 Å². The Hall–Kier alpha value is -1.07. The van der Waals surface area contributed by atoms with Crippen molar-refractivity contribution in [3.8, 4) is 0 Å². The van der Waals surface area contributed by atoms with Gasteiger partial charge >= 0.3 is 6.09 Å². The minimum atomic E-state index is -0.403. The number of hydrogen-bond acceptors (Lipinski definition) is 4. The van der Waals surface area contributed by atoms with Crippen LogP contribution in [0, 0.1) is 5.92 Å². The van der Waals surface area contributed by atoms with Gasteiger partial charge in [0.1, 0.15) is 5.60 Å². The van der Waals surface area contributed by atoms with E-state index in [0.717, 1.165) is 39.0 Å². The molecule has 128 valence electrons. The van der Waals surface area contributed by atoms with Crippen molar-refractivity contribution < 1.29 is 9.53 Å². The number of thiophene rings is 1. The predicted molar refractivity (Wildman–Crippen MR) is 93.8 cm³/mol. The molecule has 0 radical (unpaired) electrons. The van der Waals surface area contributed by atoms with Crippen LogP contribution in [0.3, 0.4) is 0 Å². The highest BCUT2D eigenvalue weighted by Gasteiger charge is 2.28. The van der Waals surface area contributed by atoms with Crippen LogP contribution >= 0.6 is 11.3 Å². The van der Waals surface area contributed by atoms with Gasteiger partial charge in [-0.25, -0.2) is 4.79 Å². The molecular formula is C18H28N2O2S. The Labute approximate surface area is 143 Å². The molecular weight excluding hydrogens is 308 g/mol. The van der Waals surface area contributed by atoms with E-state index in [1.165, 1.54) is 18.5 Å². The van der Waals surface area contributed by atoms with E-state index in [4.69, 9.17) is 4.74 Å². The average Bonchev–Trinajstić information content (AvgIpc) is 2.94. The maximum Gasteiger partial charge on any atom is 0.410 e. The molecule has 3 heterocycles. The van der Waals surface area contributed by atoms with Gasteiger partial charge in [-0.3, -0.25) is 4.90 Å². The monoisotopic (exact) mass is 336 g/mol. The summed E-state index contributed by atoms with van der Waals surface area (Å²) in [5.74, 6) is 0.703. The highest BCUT2D eigenvalue weighted by molar-refractivity contribution is 7.10. The number of likely N-dealkylation sites (tertiary alicyclic amines) is 1. The topological polar surface area (TPSA) is 32.8 Å². The molecule has 1 aromatic heterocycles. The minimum absolute atomic E-state index is 0.156. The summed E-state index contributed by atoms with van der Waals surface area (Å²) in [4.78, 5) is 18.1. The predicted octanol–water partition coefficient (Wildman–Crippen LogP) is 3.75. The normalized spacial score (nSPS) is 20.4. The van der Waals surface area contributed by atoms with Crippen LogP contribution in [0.1, 0.15) is 44.1 Å². The summed E-state index contributed by atoms with van der Waals surface area (Å²) in [6, 6.07) is 2.28. The molecule has 5 heteroatoms. The summed E-state index contributed by atoms with van der Waals surface area (Å²) in [6.07, 6.45) is 3.22. The zero-order valence-electron chi connectivity index (χ0n) is 14.5. The molecule has 0 spiro atoms. The second kappa shape index (κ2) is 6.81. The second-order valence-corrected chi connectivity index (χ2v) is 8.77. The molecule has 2 aliphatic rings. The number of piperidine rings is 1. The van der Waals surface area contributed by atoms with Crippen LogP contribution in [0.15, 0.2) is 11.4 Å². The zero-order valence-corrected chi connectivity index (χ0v) is 15.3. The molecule has 1 amide bonds. The molecule has 3 rings (SSSR count). The van der Waals surface area contributed by atoms with Crippen molar-refractivity contribution in [2.24, 2.45) is 5.92 Å². The van der Waals surface area contributed by atoms with E-state index in [2.05, 4.69) is 16.3 Å². The van der Waals surface area contributed by atoms with Crippen LogP contribution in [0.25, 0.3) is 0 Å². The highest BCUT2D eigenvalue weighted by atomic mass is 32.1. The number of nitrogens with zero attached hydrogens (tertiary/aromatic N) is 2. The van der Waals surface area contributed by atoms with E-state index in [0.29, 0.717) is 5.92 Å². The third kappa shape index (κ3) is 4.48. The molecule has 1 aromatic rings. The van der Waals surface area contributed by atoms with Gasteiger partial charge < -0.3 is 9.64 Å². The van der Waals surface area contributed by atoms with Gasteiger partial charge in [0.2, 0.25) is 0 Å². The van der Waals surface area contributed by atoms with E-state index in [1.54, 1.807) is 4.88 Å². The molecule has 1 saturated heterocycles. The van der Waals surface area contributed by atoms with Crippen LogP contribution < -0.4 is 0 Å². The lowest BCUT2D eigenvalue weighted by Crippen LogP contribution is -2.44. The summed E-state index contributed by atoms with van der Waals surface area (Å²) in [7, 11) is 0. The first kappa shape index (κ1) is 16.8. The minimum Gasteiger partial charge on any atom is -0.444 e. The Balaban J connectivity index is 1.44. The van der Waals surface area contributed by atoms with E-state index in [9.17, 15) is 4.79 Å². The SMILES string of the molecule is CC(C)(C)OC(=O)N1CCC(CN2CCc3sccc3C2)CC1. The smallest absolute Gasteiger partial charge is 0.410 e. The van der Waals surface area contributed by atoms with Crippen molar-refractivity contribution in [3.63, 3.8) is 0 Å². The number of carbonyl (C=O) groups is 1. The third-order valence-corrected chi connectivity index (χ3v) is 5.69. The summed E-state index contributed by atoms with van der Waals surface area (Å²) in [5.41, 5.74) is 1.12. The second-order valence-electron chi connectivity index (χ2n) is 7.76. The largest absolute Gasteiger partial charge is 0.444 e. The molecule has 0 bridgehead atoms. The van der Waals surface area contributed by atoms with E-state index in [-0.39, 0.29) is 6.09 Å². The van der Waals surface area contributed by atoms with Crippen LogP contribution in [0.4, 0.5) is 4.79 Å². The Bertz CT molecular complexity index is 541. The lowest BCUT2D eigenvalue weighted by molar-refractivity contribution is 0.0167. The zero-order chi connectivity index (χ0) is 16.4. The maximum absolute atomic E-state index is 12.1. The van der Waals surface area contributed by atoms with Crippen molar-refractivity contribution >= 4 is 17.4 Å². The molecule has 0 N–H and O–H groups in total. The van der Waals surface area contributed by atoms with Crippen molar-refractivity contribution in [1.82, 2.24) is 9.80 Å².